The Morgan fingerprint density at radius 2 is 1.80 bits per heavy atom. The molecule has 2 amide bonds. The molecule has 4 atom stereocenters. The zero-order chi connectivity index (χ0) is 15.9. The molecular weight excluding hydrogens is 290 g/mol. The summed E-state index contributed by atoms with van der Waals surface area (Å²) in [5, 5.41) is 31.1. The molecule has 0 aromatic carbocycles. The van der Waals surface area contributed by atoms with Gasteiger partial charge in [0.15, 0.2) is 0 Å². The maximum atomic E-state index is 11.8. The average molecular weight is 309 g/mol. The number of hydrogen-bond acceptors (Lipinski definition) is 7. The second kappa shape index (κ2) is 8.74. The highest BCUT2D eigenvalue weighted by Crippen LogP contribution is 1.97. The number of aliphatic carboxylic acids is 1. The topological polar surface area (TPSA) is 162 Å². The Hall–Kier alpha value is -1.36. The summed E-state index contributed by atoms with van der Waals surface area (Å²) in [7, 11) is 0. The fourth-order valence-corrected chi connectivity index (χ4v) is 1.36. The van der Waals surface area contributed by atoms with E-state index in [1.165, 1.54) is 6.92 Å². The fraction of sp³-hybridized carbons (Fsp3) is 0.700. The minimum Gasteiger partial charge on any atom is -0.480 e. The molecule has 0 heterocycles. The zero-order valence-corrected chi connectivity index (χ0v) is 11.7. The molecule has 0 radical (unpaired) electrons. The second-order valence-corrected chi connectivity index (χ2v) is 4.46. The summed E-state index contributed by atoms with van der Waals surface area (Å²) in [5.41, 5.74) is 5.40. The lowest BCUT2D eigenvalue weighted by molar-refractivity contribution is -0.144. The molecule has 0 bridgehead atoms. The number of thiol groups is 1. The molecular formula is C10H19N3O6S. The van der Waals surface area contributed by atoms with E-state index in [4.69, 9.17) is 15.9 Å². The van der Waals surface area contributed by atoms with Crippen molar-refractivity contribution in [3.05, 3.63) is 0 Å². The van der Waals surface area contributed by atoms with Gasteiger partial charge in [0.1, 0.15) is 12.1 Å². The van der Waals surface area contributed by atoms with Crippen molar-refractivity contribution in [2.75, 3.05) is 12.4 Å². The van der Waals surface area contributed by atoms with Crippen LogP contribution in [0.25, 0.3) is 0 Å². The molecule has 116 valence electrons. The number of carboxylic acid groups (broad SMARTS) is 1. The molecule has 0 spiro atoms. The van der Waals surface area contributed by atoms with Gasteiger partial charge in [0.25, 0.3) is 0 Å². The van der Waals surface area contributed by atoms with Crippen LogP contribution in [0.15, 0.2) is 0 Å². The third kappa shape index (κ3) is 5.74. The van der Waals surface area contributed by atoms with Crippen LogP contribution in [0, 0.1) is 0 Å². The first-order valence-corrected chi connectivity index (χ1v) is 6.36. The average Bonchev–Trinajstić information content (AvgIpc) is 2.39. The van der Waals surface area contributed by atoms with E-state index in [1.807, 2.05) is 5.32 Å². The van der Waals surface area contributed by atoms with Crippen LogP contribution in [0.4, 0.5) is 0 Å². The molecule has 9 nitrogen and oxygen atoms in total. The Morgan fingerprint density at radius 1 is 1.25 bits per heavy atom. The van der Waals surface area contributed by atoms with Gasteiger partial charge in [0.05, 0.1) is 18.8 Å². The van der Waals surface area contributed by atoms with Crippen LogP contribution in [0.5, 0.6) is 0 Å². The number of carbonyl (C=O) groups excluding carboxylic acids is 2. The standard InChI is InChI=1S/C10H19N3O6S/c1-4(15)7(13-8(16)5(11)3-20)9(17)12-6(2-14)10(18)19/h4-7,14-15,20H,2-3,11H2,1H3,(H,12,17)(H,13,16)(H,18,19). The lowest BCUT2D eigenvalue weighted by atomic mass is 10.1. The predicted molar refractivity (Wildman–Crippen MR) is 72.1 cm³/mol. The van der Waals surface area contributed by atoms with Crippen LogP contribution in [0.1, 0.15) is 6.92 Å². The van der Waals surface area contributed by atoms with Gasteiger partial charge in [-0.05, 0) is 6.92 Å². The van der Waals surface area contributed by atoms with E-state index in [9.17, 15) is 19.5 Å². The van der Waals surface area contributed by atoms with Crippen LogP contribution in [-0.4, -0.2) is 69.7 Å². The smallest absolute Gasteiger partial charge is 0.328 e. The van der Waals surface area contributed by atoms with Gasteiger partial charge < -0.3 is 31.7 Å². The number of hydrogen-bond donors (Lipinski definition) is 7. The molecule has 0 aliphatic rings. The molecule has 0 aliphatic heterocycles. The van der Waals surface area contributed by atoms with Gasteiger partial charge in [-0.3, -0.25) is 9.59 Å². The summed E-state index contributed by atoms with van der Waals surface area (Å²) in [6, 6.07) is -3.89. The molecule has 20 heavy (non-hydrogen) atoms. The van der Waals surface area contributed by atoms with E-state index in [0.29, 0.717) is 0 Å². The number of aliphatic hydroxyl groups is 2. The Bertz CT molecular complexity index is 365. The first-order valence-electron chi connectivity index (χ1n) is 5.73. The number of carboxylic acids is 1. The van der Waals surface area contributed by atoms with Crippen molar-refractivity contribution >= 4 is 30.4 Å². The Kier molecular flexibility index (Phi) is 8.15. The van der Waals surface area contributed by atoms with Crippen LogP contribution in [0.2, 0.25) is 0 Å². The summed E-state index contributed by atoms with van der Waals surface area (Å²) in [4.78, 5) is 34.0. The summed E-state index contributed by atoms with van der Waals surface area (Å²) in [6.07, 6.45) is -1.28. The van der Waals surface area contributed by atoms with Crippen LogP contribution in [0.3, 0.4) is 0 Å². The van der Waals surface area contributed by atoms with E-state index in [0.717, 1.165) is 0 Å². The molecule has 0 saturated heterocycles. The Morgan fingerprint density at radius 3 is 2.15 bits per heavy atom. The van der Waals surface area contributed by atoms with Crippen LogP contribution >= 0.6 is 12.6 Å². The first-order chi connectivity index (χ1) is 9.24. The highest BCUT2D eigenvalue weighted by molar-refractivity contribution is 7.80. The number of carbonyl (C=O) groups is 3. The van der Waals surface area contributed by atoms with Crippen molar-refractivity contribution in [2.45, 2.75) is 31.2 Å². The molecule has 0 aromatic heterocycles. The van der Waals surface area contributed by atoms with Gasteiger partial charge in [-0.15, -0.1) is 0 Å². The maximum Gasteiger partial charge on any atom is 0.328 e. The van der Waals surface area contributed by atoms with Crippen LogP contribution < -0.4 is 16.4 Å². The quantitative estimate of drug-likeness (QED) is 0.231. The minimum absolute atomic E-state index is 0.0361. The van der Waals surface area contributed by atoms with Crippen molar-refractivity contribution < 1.29 is 29.7 Å². The van der Waals surface area contributed by atoms with Crippen LogP contribution in [-0.2, 0) is 14.4 Å². The summed E-state index contributed by atoms with van der Waals surface area (Å²) < 4.78 is 0. The normalized spacial score (nSPS) is 16.6. The fourth-order valence-electron chi connectivity index (χ4n) is 1.20. The van der Waals surface area contributed by atoms with E-state index >= 15 is 0 Å². The molecule has 0 saturated carbocycles. The van der Waals surface area contributed by atoms with E-state index in [2.05, 4.69) is 17.9 Å². The maximum absolute atomic E-state index is 11.8. The minimum atomic E-state index is -1.53. The SMILES string of the molecule is CC(O)C(NC(=O)C(N)CS)C(=O)NC(CO)C(=O)O. The second-order valence-electron chi connectivity index (χ2n) is 4.10. The lowest BCUT2D eigenvalue weighted by Gasteiger charge is -2.23. The highest BCUT2D eigenvalue weighted by Gasteiger charge is 2.30. The summed E-state index contributed by atoms with van der Waals surface area (Å²) in [5.74, 6) is -3.06. The summed E-state index contributed by atoms with van der Waals surface area (Å²) >= 11 is 3.82. The van der Waals surface area contributed by atoms with E-state index in [-0.39, 0.29) is 5.75 Å². The van der Waals surface area contributed by atoms with Gasteiger partial charge in [-0.2, -0.15) is 12.6 Å². The monoisotopic (exact) mass is 309 g/mol. The van der Waals surface area contributed by atoms with Crippen molar-refractivity contribution in [3.8, 4) is 0 Å². The molecule has 7 N–H and O–H groups in total. The number of aliphatic hydroxyl groups excluding tert-OH is 2. The number of rotatable bonds is 8. The molecule has 10 heteroatoms. The molecule has 0 rings (SSSR count). The molecule has 0 aliphatic carbocycles. The van der Waals surface area contributed by atoms with Gasteiger partial charge >= 0.3 is 5.97 Å². The van der Waals surface area contributed by atoms with Gasteiger partial charge in [-0.25, -0.2) is 4.79 Å². The zero-order valence-electron chi connectivity index (χ0n) is 10.8. The van der Waals surface area contributed by atoms with Gasteiger partial charge in [0.2, 0.25) is 11.8 Å². The van der Waals surface area contributed by atoms with Crippen molar-refractivity contribution in [1.82, 2.24) is 10.6 Å². The summed E-state index contributed by atoms with van der Waals surface area (Å²) in [6.45, 7) is 0.420. The predicted octanol–water partition coefficient (Wildman–Crippen LogP) is -3.33. The van der Waals surface area contributed by atoms with Gasteiger partial charge in [0, 0.05) is 5.75 Å². The number of amides is 2. The Balaban J connectivity index is 4.79. The van der Waals surface area contributed by atoms with E-state index < -0.39 is 48.6 Å². The third-order valence-corrected chi connectivity index (χ3v) is 2.79. The van der Waals surface area contributed by atoms with E-state index in [1.54, 1.807) is 0 Å². The van der Waals surface area contributed by atoms with Crippen molar-refractivity contribution in [2.24, 2.45) is 5.73 Å². The number of nitrogens with two attached hydrogens (primary N) is 1. The number of nitrogens with one attached hydrogen (secondary N) is 2. The van der Waals surface area contributed by atoms with Crippen molar-refractivity contribution in [1.29, 1.82) is 0 Å². The first kappa shape index (κ1) is 18.6. The molecule has 0 aromatic rings. The lowest BCUT2D eigenvalue weighted by Crippen LogP contribution is -2.58. The largest absolute Gasteiger partial charge is 0.480 e. The molecule has 0 fully saturated rings. The highest BCUT2D eigenvalue weighted by atomic mass is 32.1. The van der Waals surface area contributed by atoms with Gasteiger partial charge in [-0.1, -0.05) is 0 Å². The third-order valence-electron chi connectivity index (χ3n) is 2.39. The van der Waals surface area contributed by atoms with Crippen molar-refractivity contribution in [3.63, 3.8) is 0 Å². The Labute approximate surface area is 120 Å². The molecule has 4 unspecified atom stereocenters.